The van der Waals surface area contributed by atoms with Crippen LogP contribution in [-0.4, -0.2) is 47.7 Å². The SMILES string of the molecule is CC(C)(C)[C@H](NC(=O)[C@@H](N)C1CCCCC1)C(=O)N1C[C@@H]2CCC[C@@H]2[C@H]1C=O. The molecule has 0 aromatic heterocycles. The van der Waals surface area contributed by atoms with E-state index in [1.54, 1.807) is 4.90 Å². The van der Waals surface area contributed by atoms with E-state index in [4.69, 9.17) is 5.73 Å². The maximum Gasteiger partial charge on any atom is 0.246 e. The molecule has 1 saturated heterocycles. The second-order valence-corrected chi connectivity index (χ2v) is 10.2. The Morgan fingerprint density at radius 1 is 1.07 bits per heavy atom. The Balaban J connectivity index is 1.72. The topological polar surface area (TPSA) is 92.5 Å². The molecule has 0 unspecified atom stereocenters. The van der Waals surface area contributed by atoms with E-state index in [0.29, 0.717) is 12.5 Å². The van der Waals surface area contributed by atoms with Crippen molar-refractivity contribution in [3.8, 4) is 0 Å². The lowest BCUT2D eigenvalue weighted by Crippen LogP contribution is -2.59. The molecular weight excluding hydrogens is 354 g/mol. The van der Waals surface area contributed by atoms with Crippen molar-refractivity contribution in [2.45, 2.75) is 90.3 Å². The molecule has 5 atom stereocenters. The molecule has 3 fully saturated rings. The first-order valence-electron chi connectivity index (χ1n) is 11.1. The van der Waals surface area contributed by atoms with Gasteiger partial charge in [-0.3, -0.25) is 9.59 Å². The zero-order chi connectivity index (χ0) is 20.5. The number of hydrogen-bond acceptors (Lipinski definition) is 4. The molecule has 158 valence electrons. The Hall–Kier alpha value is -1.43. The predicted octanol–water partition coefficient (Wildman–Crippen LogP) is 2.25. The van der Waals surface area contributed by atoms with Crippen molar-refractivity contribution >= 4 is 18.1 Å². The summed E-state index contributed by atoms with van der Waals surface area (Å²) in [6.45, 7) is 6.49. The van der Waals surface area contributed by atoms with Gasteiger partial charge in [0.15, 0.2) is 0 Å². The molecule has 3 rings (SSSR count). The Morgan fingerprint density at radius 3 is 2.36 bits per heavy atom. The van der Waals surface area contributed by atoms with Crippen molar-refractivity contribution in [2.24, 2.45) is 28.9 Å². The molecule has 6 nitrogen and oxygen atoms in total. The lowest BCUT2D eigenvalue weighted by Gasteiger charge is -2.36. The highest BCUT2D eigenvalue weighted by molar-refractivity contribution is 5.91. The summed E-state index contributed by atoms with van der Waals surface area (Å²) in [6, 6.07) is -1.59. The van der Waals surface area contributed by atoms with E-state index >= 15 is 0 Å². The first-order valence-corrected chi connectivity index (χ1v) is 11.1. The van der Waals surface area contributed by atoms with Crippen LogP contribution in [0.5, 0.6) is 0 Å². The van der Waals surface area contributed by atoms with E-state index in [1.165, 1.54) is 6.42 Å². The average molecular weight is 392 g/mol. The summed E-state index contributed by atoms with van der Waals surface area (Å²) in [5.74, 6) is 0.519. The summed E-state index contributed by atoms with van der Waals surface area (Å²) in [7, 11) is 0. The van der Waals surface area contributed by atoms with Crippen LogP contribution < -0.4 is 11.1 Å². The Morgan fingerprint density at radius 2 is 1.75 bits per heavy atom. The molecule has 0 spiro atoms. The van der Waals surface area contributed by atoms with E-state index in [-0.39, 0.29) is 29.7 Å². The zero-order valence-electron chi connectivity index (χ0n) is 17.7. The van der Waals surface area contributed by atoms with Crippen LogP contribution in [0.1, 0.15) is 72.1 Å². The standard InChI is InChI=1S/C22H37N3O3/c1-22(2,3)19(24-20(27)18(23)14-8-5-4-6-9-14)21(28)25-12-15-10-7-11-16(15)17(25)13-26/h13-19H,4-12,23H2,1-3H3,(H,24,27)/t15-,16-,17+,18-,19+/m0/s1. The van der Waals surface area contributed by atoms with Gasteiger partial charge in [0.25, 0.3) is 0 Å². The molecule has 3 N–H and O–H groups in total. The quantitative estimate of drug-likeness (QED) is 0.703. The summed E-state index contributed by atoms with van der Waals surface area (Å²) in [5.41, 5.74) is 5.82. The van der Waals surface area contributed by atoms with Crippen molar-refractivity contribution in [3.05, 3.63) is 0 Å². The van der Waals surface area contributed by atoms with Gasteiger partial charge < -0.3 is 20.7 Å². The molecule has 2 saturated carbocycles. The number of amides is 2. The van der Waals surface area contributed by atoms with Crippen LogP contribution in [0.25, 0.3) is 0 Å². The maximum absolute atomic E-state index is 13.4. The van der Waals surface area contributed by atoms with E-state index in [9.17, 15) is 14.4 Å². The number of hydrogen-bond donors (Lipinski definition) is 2. The lowest BCUT2D eigenvalue weighted by atomic mass is 9.82. The van der Waals surface area contributed by atoms with E-state index in [2.05, 4.69) is 5.32 Å². The van der Waals surface area contributed by atoms with E-state index in [1.807, 2.05) is 20.8 Å². The number of fused-ring (bicyclic) bond motifs is 1. The lowest BCUT2D eigenvalue weighted by molar-refractivity contribution is -0.142. The predicted molar refractivity (Wildman–Crippen MR) is 108 cm³/mol. The fraction of sp³-hybridized carbons (Fsp3) is 0.864. The van der Waals surface area contributed by atoms with Crippen molar-refractivity contribution < 1.29 is 14.4 Å². The second kappa shape index (κ2) is 8.52. The molecule has 3 aliphatic rings. The summed E-state index contributed by atoms with van der Waals surface area (Å²) >= 11 is 0. The molecule has 28 heavy (non-hydrogen) atoms. The number of nitrogens with one attached hydrogen (secondary N) is 1. The number of rotatable bonds is 5. The van der Waals surface area contributed by atoms with Gasteiger partial charge in [-0.25, -0.2) is 0 Å². The van der Waals surface area contributed by atoms with Gasteiger partial charge in [-0.05, 0) is 48.9 Å². The Kier molecular flexibility index (Phi) is 6.47. The minimum absolute atomic E-state index is 0.136. The fourth-order valence-electron chi connectivity index (χ4n) is 5.52. The molecule has 0 aromatic carbocycles. The van der Waals surface area contributed by atoms with E-state index in [0.717, 1.165) is 51.2 Å². The largest absolute Gasteiger partial charge is 0.342 e. The van der Waals surface area contributed by atoms with Gasteiger partial charge >= 0.3 is 0 Å². The van der Waals surface area contributed by atoms with E-state index < -0.39 is 17.5 Å². The van der Waals surface area contributed by atoms with Gasteiger partial charge in [-0.2, -0.15) is 0 Å². The highest BCUT2D eigenvalue weighted by Gasteiger charge is 2.49. The van der Waals surface area contributed by atoms with Gasteiger partial charge in [0, 0.05) is 6.54 Å². The molecule has 1 aliphatic heterocycles. The molecule has 6 heteroatoms. The van der Waals surface area contributed by atoms with Crippen molar-refractivity contribution in [1.29, 1.82) is 0 Å². The van der Waals surface area contributed by atoms with Crippen LogP contribution >= 0.6 is 0 Å². The summed E-state index contributed by atoms with van der Waals surface area (Å²) in [4.78, 5) is 39.8. The molecule has 2 aliphatic carbocycles. The van der Waals surface area contributed by atoms with Crippen molar-refractivity contribution in [3.63, 3.8) is 0 Å². The third-order valence-electron chi connectivity index (χ3n) is 7.23. The van der Waals surface area contributed by atoms with Crippen LogP contribution in [0.4, 0.5) is 0 Å². The smallest absolute Gasteiger partial charge is 0.246 e. The van der Waals surface area contributed by atoms with Crippen LogP contribution in [0.3, 0.4) is 0 Å². The average Bonchev–Trinajstić information content (AvgIpc) is 3.25. The normalized spacial score (nSPS) is 30.6. The summed E-state index contributed by atoms with van der Waals surface area (Å²) in [6.07, 6.45) is 9.56. The highest BCUT2D eigenvalue weighted by Crippen LogP contribution is 2.42. The number of likely N-dealkylation sites (tertiary alicyclic amines) is 1. The highest BCUT2D eigenvalue weighted by atomic mass is 16.2. The van der Waals surface area contributed by atoms with Crippen LogP contribution in [0.2, 0.25) is 0 Å². The number of nitrogens with zero attached hydrogens (tertiary/aromatic N) is 1. The number of carbonyl (C=O) groups excluding carboxylic acids is 3. The molecule has 0 bridgehead atoms. The molecule has 0 aromatic rings. The fourth-order valence-corrected chi connectivity index (χ4v) is 5.52. The summed E-state index contributed by atoms with van der Waals surface area (Å²) in [5, 5.41) is 2.97. The van der Waals surface area contributed by atoms with Gasteiger partial charge in [0.05, 0.1) is 12.1 Å². The molecule has 1 heterocycles. The molecule has 0 radical (unpaired) electrons. The maximum atomic E-state index is 13.4. The van der Waals surface area contributed by atoms with Crippen LogP contribution in [-0.2, 0) is 14.4 Å². The number of carbonyl (C=O) groups is 3. The molecule has 2 amide bonds. The minimum Gasteiger partial charge on any atom is -0.342 e. The minimum atomic E-state index is -0.670. The second-order valence-electron chi connectivity index (χ2n) is 10.2. The number of nitrogens with two attached hydrogens (primary N) is 1. The molecular formula is C22H37N3O3. The first kappa shape index (κ1) is 21.3. The van der Waals surface area contributed by atoms with Crippen molar-refractivity contribution in [2.75, 3.05) is 6.54 Å². The zero-order valence-corrected chi connectivity index (χ0v) is 17.7. The van der Waals surface area contributed by atoms with Crippen molar-refractivity contribution in [1.82, 2.24) is 10.2 Å². The first-order chi connectivity index (χ1) is 13.2. The van der Waals surface area contributed by atoms with Gasteiger partial charge in [0.1, 0.15) is 12.3 Å². The van der Waals surface area contributed by atoms with Gasteiger partial charge in [-0.15, -0.1) is 0 Å². The Labute approximate surface area is 169 Å². The number of aldehydes is 1. The van der Waals surface area contributed by atoms with Crippen LogP contribution in [0.15, 0.2) is 0 Å². The third-order valence-corrected chi connectivity index (χ3v) is 7.23. The summed E-state index contributed by atoms with van der Waals surface area (Å²) < 4.78 is 0. The third kappa shape index (κ3) is 4.27. The van der Waals surface area contributed by atoms with Crippen LogP contribution in [0, 0.1) is 23.2 Å². The van der Waals surface area contributed by atoms with Gasteiger partial charge in [-0.1, -0.05) is 46.5 Å². The van der Waals surface area contributed by atoms with Gasteiger partial charge in [0.2, 0.25) is 11.8 Å². The Bertz CT molecular complexity index is 594. The monoisotopic (exact) mass is 391 g/mol.